The molecule has 2 aliphatic heterocycles. The van der Waals surface area contributed by atoms with Crippen LogP contribution in [0.4, 0.5) is 0 Å². The number of likely N-dealkylation sites (tertiary alicyclic amines) is 2. The van der Waals surface area contributed by atoms with E-state index in [1.807, 2.05) is 0 Å². The molecule has 1 aromatic rings. The SMILES string of the molecule is CN1CCCC2(CCCN2C(=O)c2c[nH]c(=O)c(Cl)c2)C1=O. The van der Waals surface area contributed by atoms with Gasteiger partial charge in [-0.25, -0.2) is 0 Å². The summed E-state index contributed by atoms with van der Waals surface area (Å²) in [5.41, 5.74) is -0.845. The predicted molar refractivity (Wildman–Crippen MR) is 81.9 cm³/mol. The molecular weight excluding hydrogens is 306 g/mol. The molecule has 1 atom stereocenters. The van der Waals surface area contributed by atoms with E-state index in [2.05, 4.69) is 4.98 Å². The van der Waals surface area contributed by atoms with Gasteiger partial charge in [0.25, 0.3) is 11.5 Å². The Morgan fingerprint density at radius 1 is 1.27 bits per heavy atom. The van der Waals surface area contributed by atoms with Crippen molar-refractivity contribution in [3.63, 3.8) is 0 Å². The predicted octanol–water partition coefficient (Wildman–Crippen LogP) is 1.26. The fraction of sp³-hybridized carbons (Fsp3) is 0.533. The zero-order valence-corrected chi connectivity index (χ0v) is 13.2. The van der Waals surface area contributed by atoms with E-state index in [1.165, 1.54) is 12.3 Å². The average molecular weight is 324 g/mol. The van der Waals surface area contributed by atoms with Gasteiger partial charge in [0.15, 0.2) is 0 Å². The van der Waals surface area contributed by atoms with Crippen LogP contribution in [0.3, 0.4) is 0 Å². The molecule has 1 unspecified atom stereocenters. The number of rotatable bonds is 1. The maximum Gasteiger partial charge on any atom is 0.266 e. The van der Waals surface area contributed by atoms with E-state index in [0.29, 0.717) is 24.9 Å². The van der Waals surface area contributed by atoms with Gasteiger partial charge in [-0.15, -0.1) is 0 Å². The van der Waals surface area contributed by atoms with E-state index in [-0.39, 0.29) is 16.8 Å². The zero-order valence-electron chi connectivity index (χ0n) is 12.4. The molecule has 2 saturated heterocycles. The van der Waals surface area contributed by atoms with Crippen LogP contribution < -0.4 is 5.56 Å². The van der Waals surface area contributed by atoms with Crippen LogP contribution in [0.25, 0.3) is 0 Å². The molecule has 0 saturated carbocycles. The van der Waals surface area contributed by atoms with Crippen LogP contribution in [-0.2, 0) is 4.79 Å². The average Bonchev–Trinajstić information content (AvgIpc) is 2.91. The lowest BCUT2D eigenvalue weighted by Gasteiger charge is -2.43. The highest BCUT2D eigenvalue weighted by Gasteiger charge is 2.52. The summed E-state index contributed by atoms with van der Waals surface area (Å²) in [6.07, 6.45) is 4.44. The van der Waals surface area contributed by atoms with Crippen LogP contribution in [0.1, 0.15) is 36.0 Å². The van der Waals surface area contributed by atoms with E-state index in [4.69, 9.17) is 11.6 Å². The van der Waals surface area contributed by atoms with Crippen molar-refractivity contribution in [2.24, 2.45) is 0 Å². The van der Waals surface area contributed by atoms with Gasteiger partial charge in [0.2, 0.25) is 5.91 Å². The summed E-state index contributed by atoms with van der Waals surface area (Å²) in [7, 11) is 1.78. The monoisotopic (exact) mass is 323 g/mol. The van der Waals surface area contributed by atoms with E-state index < -0.39 is 11.1 Å². The smallest absolute Gasteiger partial charge is 0.266 e. The molecule has 118 valence electrons. The molecule has 0 aliphatic carbocycles. The van der Waals surface area contributed by atoms with Gasteiger partial charge in [-0.1, -0.05) is 11.6 Å². The number of carbonyl (C=O) groups excluding carboxylic acids is 2. The minimum atomic E-state index is -0.729. The fourth-order valence-electron chi connectivity index (χ4n) is 3.56. The van der Waals surface area contributed by atoms with Crippen molar-refractivity contribution in [2.75, 3.05) is 20.1 Å². The summed E-state index contributed by atoms with van der Waals surface area (Å²) in [4.78, 5) is 42.6. The molecule has 0 aromatic carbocycles. The number of carbonyl (C=O) groups is 2. The second kappa shape index (κ2) is 5.43. The lowest BCUT2D eigenvalue weighted by atomic mass is 9.85. The number of nitrogens with zero attached hydrogens (tertiary/aromatic N) is 2. The van der Waals surface area contributed by atoms with Crippen molar-refractivity contribution in [3.8, 4) is 0 Å². The molecule has 6 nitrogen and oxygen atoms in total. The number of aromatic nitrogens is 1. The summed E-state index contributed by atoms with van der Waals surface area (Å²) < 4.78 is 0. The third-order valence-electron chi connectivity index (χ3n) is 4.67. The first kappa shape index (κ1) is 15.1. The number of pyridine rings is 1. The fourth-order valence-corrected chi connectivity index (χ4v) is 3.74. The van der Waals surface area contributed by atoms with Crippen molar-refractivity contribution in [2.45, 2.75) is 31.2 Å². The third-order valence-corrected chi connectivity index (χ3v) is 4.95. The van der Waals surface area contributed by atoms with Gasteiger partial charge < -0.3 is 14.8 Å². The van der Waals surface area contributed by atoms with Crippen molar-refractivity contribution < 1.29 is 9.59 Å². The summed E-state index contributed by atoms with van der Waals surface area (Å²) in [5, 5.41) is -0.0221. The Labute approximate surface area is 133 Å². The highest BCUT2D eigenvalue weighted by molar-refractivity contribution is 6.30. The molecule has 3 rings (SSSR count). The van der Waals surface area contributed by atoms with Crippen LogP contribution in [0.5, 0.6) is 0 Å². The molecule has 3 heterocycles. The number of hydrogen-bond donors (Lipinski definition) is 1. The molecule has 0 bridgehead atoms. The van der Waals surface area contributed by atoms with Gasteiger partial charge in [0, 0.05) is 26.3 Å². The number of nitrogens with one attached hydrogen (secondary N) is 1. The number of H-pyrrole nitrogens is 1. The summed E-state index contributed by atoms with van der Waals surface area (Å²) in [6, 6.07) is 1.37. The molecular formula is C15H18ClN3O3. The summed E-state index contributed by atoms with van der Waals surface area (Å²) in [6.45, 7) is 1.28. The first-order chi connectivity index (χ1) is 10.5. The van der Waals surface area contributed by atoms with Gasteiger partial charge in [0.05, 0.1) is 5.56 Å². The Bertz CT molecular complexity index is 687. The maximum atomic E-state index is 12.8. The lowest BCUT2D eigenvalue weighted by molar-refractivity contribution is -0.144. The highest BCUT2D eigenvalue weighted by Crippen LogP contribution is 2.38. The second-order valence-corrected chi connectivity index (χ2v) is 6.39. The number of piperidine rings is 1. The molecule has 2 aliphatic rings. The highest BCUT2D eigenvalue weighted by atomic mass is 35.5. The minimum absolute atomic E-state index is 0.0140. The van der Waals surface area contributed by atoms with Crippen LogP contribution in [0.15, 0.2) is 17.1 Å². The van der Waals surface area contributed by atoms with E-state index in [0.717, 1.165) is 19.4 Å². The Balaban J connectivity index is 1.95. The van der Waals surface area contributed by atoms with Gasteiger partial charge in [-0.3, -0.25) is 14.4 Å². The van der Waals surface area contributed by atoms with Gasteiger partial charge >= 0.3 is 0 Å². The lowest BCUT2D eigenvalue weighted by Crippen LogP contribution is -2.60. The second-order valence-electron chi connectivity index (χ2n) is 5.99. The molecule has 1 spiro atoms. The van der Waals surface area contributed by atoms with Gasteiger partial charge in [0.1, 0.15) is 10.6 Å². The number of hydrogen-bond acceptors (Lipinski definition) is 3. The normalized spacial score (nSPS) is 25.1. The topological polar surface area (TPSA) is 73.5 Å². The van der Waals surface area contributed by atoms with Crippen molar-refractivity contribution in [3.05, 3.63) is 33.2 Å². The van der Waals surface area contributed by atoms with E-state index in [1.54, 1.807) is 16.8 Å². The summed E-state index contributed by atoms with van der Waals surface area (Å²) >= 11 is 5.80. The number of aromatic amines is 1. The summed E-state index contributed by atoms with van der Waals surface area (Å²) in [5.74, 6) is -0.237. The van der Waals surface area contributed by atoms with Crippen molar-refractivity contribution >= 4 is 23.4 Å². The Morgan fingerprint density at radius 2 is 1.95 bits per heavy atom. The zero-order chi connectivity index (χ0) is 15.9. The van der Waals surface area contributed by atoms with Crippen molar-refractivity contribution in [1.29, 1.82) is 0 Å². The first-order valence-corrected chi connectivity index (χ1v) is 7.79. The van der Waals surface area contributed by atoms with Crippen LogP contribution in [0, 0.1) is 0 Å². The standard InChI is InChI=1S/C15H18ClN3O3/c1-18-6-2-4-15(14(18)22)5-3-7-19(15)13(21)10-8-11(16)12(20)17-9-10/h8-9H,2-7H2,1H3,(H,17,20). The minimum Gasteiger partial charge on any atom is -0.344 e. The largest absolute Gasteiger partial charge is 0.344 e. The maximum absolute atomic E-state index is 12.8. The quantitative estimate of drug-likeness (QED) is 0.845. The number of likely N-dealkylation sites (N-methyl/N-ethyl adjacent to an activating group) is 1. The first-order valence-electron chi connectivity index (χ1n) is 7.41. The molecule has 7 heteroatoms. The van der Waals surface area contributed by atoms with Crippen LogP contribution in [-0.4, -0.2) is 52.3 Å². The van der Waals surface area contributed by atoms with Crippen LogP contribution >= 0.6 is 11.6 Å². The van der Waals surface area contributed by atoms with Gasteiger partial charge in [-0.2, -0.15) is 0 Å². The Hall–Kier alpha value is -1.82. The molecule has 22 heavy (non-hydrogen) atoms. The molecule has 0 radical (unpaired) electrons. The third kappa shape index (κ3) is 2.22. The van der Waals surface area contributed by atoms with E-state index in [9.17, 15) is 14.4 Å². The molecule has 2 amide bonds. The van der Waals surface area contributed by atoms with Crippen molar-refractivity contribution in [1.82, 2.24) is 14.8 Å². The van der Waals surface area contributed by atoms with Gasteiger partial charge in [-0.05, 0) is 31.7 Å². The molecule has 2 fully saturated rings. The van der Waals surface area contributed by atoms with E-state index >= 15 is 0 Å². The number of halogens is 1. The van der Waals surface area contributed by atoms with Crippen LogP contribution in [0.2, 0.25) is 5.02 Å². The molecule has 1 aromatic heterocycles. The Morgan fingerprint density at radius 3 is 2.64 bits per heavy atom. The number of amides is 2. The Kier molecular flexibility index (Phi) is 3.72. The molecule has 1 N–H and O–H groups in total.